The Morgan fingerprint density at radius 1 is 1.24 bits per heavy atom. The van der Waals surface area contributed by atoms with Crippen LogP contribution >= 0.6 is 0 Å². The first-order valence-corrected chi connectivity index (χ1v) is 14.4. The van der Waals surface area contributed by atoms with E-state index in [0.717, 1.165) is 60.3 Å². The van der Waals surface area contributed by atoms with E-state index in [1.54, 1.807) is 4.90 Å². The molecule has 0 spiro atoms. The number of hydrogen-bond donors (Lipinski definition) is 1. The van der Waals surface area contributed by atoms with E-state index in [1.807, 2.05) is 25.4 Å². The van der Waals surface area contributed by atoms with Crippen molar-refractivity contribution in [2.75, 3.05) is 53.4 Å². The van der Waals surface area contributed by atoms with E-state index in [0.29, 0.717) is 19.0 Å². The molecule has 0 saturated carbocycles. The largest absolute Gasteiger partial charge is 1.00 e. The number of rotatable bonds is 5. The summed E-state index contributed by atoms with van der Waals surface area (Å²) in [6.45, 7) is 16.2. The summed E-state index contributed by atoms with van der Waals surface area (Å²) in [6, 6.07) is 4.16. The zero-order chi connectivity index (χ0) is 28.4. The number of methoxy groups -OCH3 is 1. The van der Waals surface area contributed by atoms with Crippen molar-refractivity contribution in [2.45, 2.75) is 53.9 Å². The third kappa shape index (κ3) is 11.5. The maximum absolute atomic E-state index is 11.8. The van der Waals surface area contributed by atoms with Gasteiger partial charge in [-0.05, 0) is 63.3 Å². The molecule has 0 bridgehead atoms. The van der Waals surface area contributed by atoms with Crippen molar-refractivity contribution < 1.29 is 78.4 Å². The molecule has 1 unspecified atom stereocenters. The number of ether oxygens (including phenoxy) is 1. The molecule has 0 aliphatic carbocycles. The fourth-order valence-electron chi connectivity index (χ4n) is 4.79. The number of aromatic nitrogens is 1. The molecule has 9 heteroatoms. The SMILES string of the molecule is CC1CCNC1.CCC(C)=C/C(=C1/N=C(N2CCN(C(=O)OC)CC2)C=CN1C)c1cccnc1CC(C)C.[CH3-].[Cs+]. The van der Waals surface area contributed by atoms with Crippen molar-refractivity contribution in [3.05, 3.63) is 66.8 Å². The van der Waals surface area contributed by atoms with Gasteiger partial charge in [0, 0.05) is 62.5 Å². The van der Waals surface area contributed by atoms with Crippen molar-refractivity contribution in [1.82, 2.24) is 25.0 Å². The van der Waals surface area contributed by atoms with Gasteiger partial charge in [0.05, 0.1) is 7.11 Å². The zero-order valence-electron chi connectivity index (χ0n) is 27.0. The van der Waals surface area contributed by atoms with Crippen LogP contribution in [0.25, 0.3) is 5.57 Å². The molecule has 3 aliphatic heterocycles. The number of amidine groups is 1. The van der Waals surface area contributed by atoms with E-state index in [-0.39, 0.29) is 82.4 Å². The Morgan fingerprint density at radius 2 is 1.95 bits per heavy atom. The van der Waals surface area contributed by atoms with Crippen LogP contribution in [-0.4, -0.2) is 85.0 Å². The number of piperazine rings is 1. The molecule has 1 N–H and O–H groups in total. The number of allylic oxidation sites excluding steroid dienone is 3. The van der Waals surface area contributed by atoms with Crippen molar-refractivity contribution in [2.24, 2.45) is 16.8 Å². The van der Waals surface area contributed by atoms with Crippen LogP contribution in [0.15, 0.2) is 53.1 Å². The number of pyridine rings is 1. The summed E-state index contributed by atoms with van der Waals surface area (Å²) in [4.78, 5) is 27.7. The quantitative estimate of drug-likeness (QED) is 0.482. The first kappa shape index (κ1) is 37.9. The van der Waals surface area contributed by atoms with Crippen LogP contribution in [0.3, 0.4) is 0 Å². The Kier molecular flexibility index (Phi) is 17.8. The Labute approximate surface area is 308 Å². The minimum atomic E-state index is -0.271. The Bertz CT molecular complexity index is 1080. The second kappa shape index (κ2) is 19.3. The summed E-state index contributed by atoms with van der Waals surface area (Å²) in [7, 11) is 3.46. The summed E-state index contributed by atoms with van der Waals surface area (Å²) in [5.74, 6) is 3.27. The van der Waals surface area contributed by atoms with Gasteiger partial charge < -0.3 is 32.2 Å². The van der Waals surface area contributed by atoms with Crippen molar-refractivity contribution in [3.8, 4) is 0 Å². The predicted molar refractivity (Wildman–Crippen MR) is 167 cm³/mol. The summed E-state index contributed by atoms with van der Waals surface area (Å²) >= 11 is 0. The molecule has 1 amide bonds. The molecule has 1 aromatic heterocycles. The van der Waals surface area contributed by atoms with Crippen LogP contribution in [-0.2, 0) is 11.2 Å². The molecule has 1 aromatic rings. The van der Waals surface area contributed by atoms with E-state index in [9.17, 15) is 4.79 Å². The van der Waals surface area contributed by atoms with Crippen LogP contribution in [0.4, 0.5) is 4.79 Å². The fraction of sp³-hybridized carbons (Fsp3) is 0.562. The summed E-state index contributed by atoms with van der Waals surface area (Å²) in [6.07, 6.45) is 11.2. The summed E-state index contributed by atoms with van der Waals surface area (Å²) in [5, 5.41) is 3.27. The molecular formula is C32H51CsN6O2. The van der Waals surface area contributed by atoms with Gasteiger partial charge in [-0.3, -0.25) is 4.98 Å². The first-order valence-electron chi connectivity index (χ1n) is 14.4. The van der Waals surface area contributed by atoms with Crippen molar-refractivity contribution in [1.29, 1.82) is 0 Å². The molecule has 8 nitrogen and oxygen atoms in total. The topological polar surface area (TPSA) is 73.3 Å². The van der Waals surface area contributed by atoms with E-state index < -0.39 is 0 Å². The number of nitrogens with zero attached hydrogens (tertiary/aromatic N) is 5. The van der Waals surface area contributed by atoms with E-state index in [1.165, 1.54) is 32.2 Å². The first-order chi connectivity index (χ1) is 18.7. The fourth-order valence-corrected chi connectivity index (χ4v) is 4.79. The summed E-state index contributed by atoms with van der Waals surface area (Å²) < 4.78 is 4.87. The molecule has 0 aromatic carbocycles. The van der Waals surface area contributed by atoms with Crippen LogP contribution < -0.4 is 74.2 Å². The Morgan fingerprint density at radius 3 is 2.49 bits per heavy atom. The Balaban J connectivity index is 0.000000932. The van der Waals surface area contributed by atoms with E-state index >= 15 is 0 Å². The number of nitrogens with one attached hydrogen (secondary N) is 1. The smallest absolute Gasteiger partial charge is 0.453 e. The van der Waals surface area contributed by atoms with Gasteiger partial charge in [-0.15, -0.1) is 0 Å². The minimum absolute atomic E-state index is 0. The molecule has 1 atom stereocenters. The number of aliphatic imine (C=N–C) groups is 1. The van der Waals surface area contributed by atoms with Gasteiger partial charge in [0.1, 0.15) is 11.7 Å². The molecule has 222 valence electrons. The second-order valence-electron chi connectivity index (χ2n) is 11.1. The monoisotopic (exact) mass is 684 g/mol. The van der Waals surface area contributed by atoms with Gasteiger partial charge >= 0.3 is 75.0 Å². The van der Waals surface area contributed by atoms with Crippen LogP contribution in [0, 0.1) is 19.3 Å². The Hall–Kier alpha value is -1.08. The second-order valence-corrected chi connectivity index (χ2v) is 11.1. The van der Waals surface area contributed by atoms with E-state index in [4.69, 9.17) is 14.7 Å². The predicted octanol–water partition coefficient (Wildman–Crippen LogP) is 2.62. The number of carbonyl (C=O) groups is 1. The third-order valence-electron chi connectivity index (χ3n) is 7.32. The maximum atomic E-state index is 11.8. The van der Waals surface area contributed by atoms with Crippen LogP contribution in [0.2, 0.25) is 0 Å². The average Bonchev–Trinajstić information content (AvgIpc) is 3.43. The molecular weight excluding hydrogens is 633 g/mol. The average molecular weight is 685 g/mol. The molecule has 2 saturated heterocycles. The van der Waals surface area contributed by atoms with Gasteiger partial charge in [-0.2, -0.15) is 0 Å². The standard InChI is InChI=1S/C26H37N5O2.C5H11N.CH3.Cs/c1-7-20(4)18-22(21-9-8-11-27-23(21)17-19(2)3)25-28-24(10-12-29(25)5)30-13-15-31(16-14-30)26(32)33-6;1-5-2-3-6-4-5;;/h8-12,18-19H,7,13-17H2,1-6H3;5-6H,2-4H2,1H3;1H3;/q;;-1;+1/b20-18?,25-22+;;;. The van der Waals surface area contributed by atoms with Crippen LogP contribution in [0.1, 0.15) is 58.7 Å². The number of amides is 1. The van der Waals surface area contributed by atoms with Crippen LogP contribution in [0.5, 0.6) is 0 Å². The van der Waals surface area contributed by atoms with Crippen molar-refractivity contribution >= 4 is 17.5 Å². The van der Waals surface area contributed by atoms with Crippen molar-refractivity contribution in [3.63, 3.8) is 0 Å². The molecule has 0 radical (unpaired) electrons. The molecule has 2 fully saturated rings. The van der Waals surface area contributed by atoms with E-state index in [2.05, 4.69) is 68.1 Å². The van der Waals surface area contributed by atoms with Gasteiger partial charge in [0.2, 0.25) is 0 Å². The number of carbonyl (C=O) groups excluding carboxylic acids is 1. The molecule has 4 heterocycles. The van der Waals surface area contributed by atoms with Gasteiger partial charge in [-0.1, -0.05) is 45.4 Å². The maximum Gasteiger partial charge on any atom is 1.00 e. The molecule has 41 heavy (non-hydrogen) atoms. The van der Waals surface area contributed by atoms with Gasteiger partial charge in [0.25, 0.3) is 0 Å². The zero-order valence-corrected chi connectivity index (χ0v) is 33.3. The third-order valence-corrected chi connectivity index (χ3v) is 7.32. The molecule has 4 rings (SSSR count). The molecule has 3 aliphatic rings. The van der Waals surface area contributed by atoms with Gasteiger partial charge in [0.15, 0.2) is 0 Å². The number of hydrogen-bond acceptors (Lipinski definition) is 7. The van der Waals surface area contributed by atoms with Gasteiger partial charge in [-0.25, -0.2) is 9.79 Å². The minimum Gasteiger partial charge on any atom is -0.453 e. The summed E-state index contributed by atoms with van der Waals surface area (Å²) in [5.41, 5.74) is 4.62. The normalized spacial score (nSPS) is 20.0.